The molecule has 3 aromatic heterocycles. The number of hydrogen-bond acceptors (Lipinski definition) is 6. The van der Waals surface area contributed by atoms with E-state index in [2.05, 4.69) is 19.7 Å². The molecule has 4 rings (SSSR count). The number of aromatic nitrogens is 3. The molecule has 128 valence electrons. The maximum absolute atomic E-state index is 12.5. The van der Waals surface area contributed by atoms with Gasteiger partial charge in [0.1, 0.15) is 4.21 Å². The molecule has 0 fully saturated rings. The molecular weight excluding hydrogens is 356 g/mol. The molecule has 0 saturated carbocycles. The lowest BCUT2D eigenvalue weighted by Crippen LogP contribution is -2.31. The highest BCUT2D eigenvalue weighted by Gasteiger charge is 2.27. The van der Waals surface area contributed by atoms with Crippen molar-refractivity contribution >= 4 is 21.4 Å². The highest BCUT2D eigenvalue weighted by atomic mass is 32.2. The van der Waals surface area contributed by atoms with Crippen molar-refractivity contribution in [3.63, 3.8) is 0 Å². The minimum atomic E-state index is -3.52. The zero-order valence-electron chi connectivity index (χ0n) is 13.3. The fourth-order valence-electron chi connectivity index (χ4n) is 2.97. The van der Waals surface area contributed by atoms with Crippen molar-refractivity contribution in [1.82, 2.24) is 19.7 Å². The van der Waals surface area contributed by atoms with E-state index in [1.54, 1.807) is 36.1 Å². The Morgan fingerprint density at radius 1 is 1.20 bits per heavy atom. The average molecular weight is 372 g/mol. The van der Waals surface area contributed by atoms with Gasteiger partial charge in [0.2, 0.25) is 0 Å². The molecule has 0 unspecified atom stereocenters. The smallest absolute Gasteiger partial charge is 0.250 e. The van der Waals surface area contributed by atoms with Gasteiger partial charge in [-0.3, -0.25) is 4.98 Å². The summed E-state index contributed by atoms with van der Waals surface area (Å²) in [6.45, 7) is 0. The molecule has 8 heteroatoms. The molecule has 0 bridgehead atoms. The lowest BCUT2D eigenvalue weighted by Gasteiger charge is -2.25. The number of pyridine rings is 1. The zero-order chi connectivity index (χ0) is 17.3. The lowest BCUT2D eigenvalue weighted by molar-refractivity contribution is 0.501. The van der Waals surface area contributed by atoms with Gasteiger partial charge in [-0.1, -0.05) is 6.07 Å². The van der Waals surface area contributed by atoms with E-state index in [9.17, 15) is 8.42 Å². The number of fused-ring (bicyclic) bond motifs is 1. The molecule has 6 nitrogen and oxygen atoms in total. The summed E-state index contributed by atoms with van der Waals surface area (Å²) < 4.78 is 28.1. The maximum Gasteiger partial charge on any atom is 0.250 e. The van der Waals surface area contributed by atoms with Crippen molar-refractivity contribution in [3.8, 4) is 11.4 Å². The van der Waals surface area contributed by atoms with Crippen molar-refractivity contribution in [2.45, 2.75) is 29.5 Å². The Labute approximate surface area is 150 Å². The van der Waals surface area contributed by atoms with Crippen LogP contribution in [0.2, 0.25) is 0 Å². The fourth-order valence-corrected chi connectivity index (χ4v) is 5.22. The number of hydrogen-bond donors (Lipinski definition) is 1. The SMILES string of the molecule is O=S(=O)(N[C@@H]1CCCc2nc(-c3cccnc3)ncc21)c1cccs1. The largest absolute Gasteiger partial charge is 0.264 e. The van der Waals surface area contributed by atoms with Gasteiger partial charge in [0.25, 0.3) is 10.0 Å². The van der Waals surface area contributed by atoms with E-state index in [0.717, 1.165) is 36.1 Å². The molecule has 25 heavy (non-hydrogen) atoms. The predicted molar refractivity (Wildman–Crippen MR) is 95.6 cm³/mol. The van der Waals surface area contributed by atoms with Crippen LogP contribution in [-0.4, -0.2) is 23.4 Å². The summed E-state index contributed by atoms with van der Waals surface area (Å²) in [6, 6.07) is 6.81. The van der Waals surface area contributed by atoms with Crippen molar-refractivity contribution in [1.29, 1.82) is 0 Å². The third-order valence-electron chi connectivity index (χ3n) is 4.16. The highest BCUT2D eigenvalue weighted by Crippen LogP contribution is 2.31. The monoisotopic (exact) mass is 372 g/mol. The third-order valence-corrected chi connectivity index (χ3v) is 7.03. The Hall–Kier alpha value is -2.16. The normalized spacial score (nSPS) is 17.2. The van der Waals surface area contributed by atoms with Crippen molar-refractivity contribution in [3.05, 3.63) is 59.5 Å². The first-order valence-corrected chi connectivity index (χ1v) is 10.3. The van der Waals surface area contributed by atoms with E-state index in [-0.39, 0.29) is 6.04 Å². The third kappa shape index (κ3) is 3.33. The number of thiophene rings is 1. The number of nitrogens with one attached hydrogen (secondary N) is 1. The summed E-state index contributed by atoms with van der Waals surface area (Å²) in [5, 5.41) is 1.76. The summed E-state index contributed by atoms with van der Waals surface area (Å²) in [5.41, 5.74) is 2.62. The first kappa shape index (κ1) is 16.3. The number of aryl methyl sites for hydroxylation is 1. The predicted octanol–water partition coefficient (Wildman–Crippen LogP) is 2.96. The number of rotatable bonds is 4. The second kappa shape index (κ2) is 6.62. The van der Waals surface area contributed by atoms with Gasteiger partial charge in [-0.2, -0.15) is 0 Å². The standard InChI is InChI=1S/C17H16N4O2S2/c22-25(23,16-7-3-9-24-16)21-15-6-1-5-14-13(15)11-19-17(20-14)12-4-2-8-18-10-12/h2-4,7-11,15,21H,1,5-6H2/t15-/m1/s1. The molecule has 3 aromatic rings. The quantitative estimate of drug-likeness (QED) is 0.761. The molecular formula is C17H16N4O2S2. The van der Waals surface area contributed by atoms with Crippen LogP contribution in [0.3, 0.4) is 0 Å². The molecule has 1 aliphatic carbocycles. The Morgan fingerprint density at radius 2 is 2.12 bits per heavy atom. The summed E-state index contributed by atoms with van der Waals surface area (Å²) in [5.74, 6) is 0.619. The zero-order valence-corrected chi connectivity index (χ0v) is 14.9. The van der Waals surface area contributed by atoms with Crippen LogP contribution in [0.15, 0.2) is 52.4 Å². The van der Waals surface area contributed by atoms with Gasteiger partial charge in [0.15, 0.2) is 5.82 Å². The van der Waals surface area contributed by atoms with Crippen LogP contribution in [0.25, 0.3) is 11.4 Å². The molecule has 0 spiro atoms. The molecule has 0 amide bonds. The van der Waals surface area contributed by atoms with Crippen molar-refractivity contribution in [2.75, 3.05) is 0 Å². The van der Waals surface area contributed by atoms with E-state index in [1.165, 1.54) is 11.3 Å². The van der Waals surface area contributed by atoms with Crippen LogP contribution in [0.1, 0.15) is 30.1 Å². The molecule has 0 aromatic carbocycles. The van der Waals surface area contributed by atoms with Crippen LogP contribution < -0.4 is 4.72 Å². The molecule has 1 atom stereocenters. The Bertz CT molecular complexity index is 973. The van der Waals surface area contributed by atoms with Crippen molar-refractivity contribution < 1.29 is 8.42 Å². The lowest BCUT2D eigenvalue weighted by atomic mass is 9.93. The van der Waals surface area contributed by atoms with Crippen LogP contribution in [0, 0.1) is 0 Å². The summed E-state index contributed by atoms with van der Waals surface area (Å²) in [4.78, 5) is 13.2. The molecule has 3 heterocycles. The first-order chi connectivity index (χ1) is 12.1. The molecule has 1 N–H and O–H groups in total. The van der Waals surface area contributed by atoms with Crippen LogP contribution in [-0.2, 0) is 16.4 Å². The highest BCUT2D eigenvalue weighted by molar-refractivity contribution is 7.91. The Balaban J connectivity index is 1.65. The number of sulfonamides is 1. The van der Waals surface area contributed by atoms with Gasteiger partial charge in [-0.15, -0.1) is 11.3 Å². The fraction of sp³-hybridized carbons (Fsp3) is 0.235. The van der Waals surface area contributed by atoms with E-state index in [1.807, 2.05) is 12.1 Å². The van der Waals surface area contributed by atoms with Gasteiger partial charge in [0.05, 0.1) is 6.04 Å². The van der Waals surface area contributed by atoms with Crippen molar-refractivity contribution in [2.24, 2.45) is 0 Å². The van der Waals surface area contributed by atoms with E-state index in [4.69, 9.17) is 0 Å². The van der Waals surface area contributed by atoms with E-state index in [0.29, 0.717) is 10.0 Å². The second-order valence-corrected chi connectivity index (χ2v) is 8.72. The summed E-state index contributed by atoms with van der Waals surface area (Å²) >= 11 is 1.21. The molecule has 0 aliphatic heterocycles. The van der Waals surface area contributed by atoms with Crippen LogP contribution in [0.5, 0.6) is 0 Å². The molecule has 1 aliphatic rings. The van der Waals surface area contributed by atoms with Crippen LogP contribution >= 0.6 is 11.3 Å². The maximum atomic E-state index is 12.5. The van der Waals surface area contributed by atoms with Crippen LogP contribution in [0.4, 0.5) is 0 Å². The molecule has 0 radical (unpaired) electrons. The minimum Gasteiger partial charge on any atom is -0.264 e. The summed E-state index contributed by atoms with van der Waals surface area (Å²) in [6.07, 6.45) is 7.62. The second-order valence-electron chi connectivity index (χ2n) is 5.84. The van der Waals surface area contributed by atoms with Gasteiger partial charge in [-0.05, 0) is 42.8 Å². The van der Waals surface area contributed by atoms with Gasteiger partial charge < -0.3 is 0 Å². The Kier molecular flexibility index (Phi) is 4.32. The topological polar surface area (TPSA) is 84.8 Å². The van der Waals surface area contributed by atoms with Gasteiger partial charge in [0, 0.05) is 35.4 Å². The Morgan fingerprint density at radius 3 is 2.88 bits per heavy atom. The molecule has 0 saturated heterocycles. The van der Waals surface area contributed by atoms with E-state index < -0.39 is 10.0 Å². The van der Waals surface area contributed by atoms with E-state index >= 15 is 0 Å². The average Bonchev–Trinajstić information content (AvgIpc) is 3.18. The first-order valence-electron chi connectivity index (χ1n) is 7.95. The minimum absolute atomic E-state index is 0.293. The number of nitrogens with zero attached hydrogens (tertiary/aromatic N) is 3. The van der Waals surface area contributed by atoms with Gasteiger partial charge >= 0.3 is 0 Å². The van der Waals surface area contributed by atoms with Gasteiger partial charge in [-0.25, -0.2) is 23.1 Å². The summed E-state index contributed by atoms with van der Waals surface area (Å²) in [7, 11) is -3.52.